The molecular formula is C26H38N2O9. The van der Waals surface area contributed by atoms with E-state index in [-0.39, 0.29) is 25.1 Å². The number of rotatable bonds is 10. The van der Waals surface area contributed by atoms with Gasteiger partial charge in [0.15, 0.2) is 12.4 Å². The van der Waals surface area contributed by atoms with Gasteiger partial charge in [-0.2, -0.15) is 0 Å². The van der Waals surface area contributed by atoms with E-state index < -0.39 is 35.3 Å². The van der Waals surface area contributed by atoms with Crippen molar-refractivity contribution in [1.29, 1.82) is 0 Å². The fourth-order valence-corrected chi connectivity index (χ4v) is 3.31. The van der Waals surface area contributed by atoms with E-state index in [1.165, 1.54) is 5.06 Å². The van der Waals surface area contributed by atoms with Crippen LogP contribution in [0.1, 0.15) is 65.2 Å². The molecule has 0 bridgehead atoms. The van der Waals surface area contributed by atoms with Crippen LogP contribution in [-0.2, 0) is 28.6 Å². The molecule has 0 aromatic heterocycles. The summed E-state index contributed by atoms with van der Waals surface area (Å²) in [5, 5.41) is 4.06. The highest BCUT2D eigenvalue weighted by Crippen LogP contribution is 2.17. The molecule has 1 fully saturated rings. The van der Waals surface area contributed by atoms with Crippen molar-refractivity contribution in [2.75, 3.05) is 26.3 Å². The summed E-state index contributed by atoms with van der Waals surface area (Å²) >= 11 is 0. The largest absolute Gasteiger partial charge is 0.528 e. The molecule has 1 N–H and O–H groups in total. The molecule has 1 saturated heterocycles. The SMILES string of the molecule is C[C@H](NC(=O)CO[C@@H]1CCN(OC(=O)OC(C)(C)C)C1)C(=O)c1ccc(OCC(=O)OC(C)(C)C)cc1. The van der Waals surface area contributed by atoms with Crippen molar-refractivity contribution in [3.8, 4) is 5.75 Å². The molecule has 0 spiro atoms. The van der Waals surface area contributed by atoms with Gasteiger partial charge < -0.3 is 29.1 Å². The monoisotopic (exact) mass is 522 g/mol. The average Bonchev–Trinajstić information content (AvgIpc) is 3.20. The Kier molecular flexibility index (Phi) is 10.4. The Labute approximate surface area is 217 Å². The number of hydrogen-bond acceptors (Lipinski definition) is 10. The first kappa shape index (κ1) is 30.0. The summed E-state index contributed by atoms with van der Waals surface area (Å²) in [5.41, 5.74) is -0.879. The number of Topliss-reactive ketones (excluding diaryl/α,β-unsaturated/α-hetero) is 1. The smallest absolute Gasteiger partial charge is 0.482 e. The van der Waals surface area contributed by atoms with Crippen molar-refractivity contribution in [2.45, 2.75) is 78.2 Å². The number of hydroxylamine groups is 2. The van der Waals surface area contributed by atoms with E-state index in [9.17, 15) is 19.2 Å². The second-order valence-electron chi connectivity index (χ2n) is 10.7. The van der Waals surface area contributed by atoms with Crippen LogP contribution in [0.2, 0.25) is 0 Å². The predicted molar refractivity (Wildman–Crippen MR) is 133 cm³/mol. The number of benzene rings is 1. The summed E-state index contributed by atoms with van der Waals surface area (Å²) in [6, 6.07) is 5.48. The zero-order valence-electron chi connectivity index (χ0n) is 22.6. The van der Waals surface area contributed by atoms with Crippen LogP contribution in [0.5, 0.6) is 5.75 Å². The van der Waals surface area contributed by atoms with Crippen LogP contribution in [-0.4, -0.2) is 78.5 Å². The second kappa shape index (κ2) is 12.9. The number of carbonyl (C=O) groups is 4. The van der Waals surface area contributed by atoms with Gasteiger partial charge in [0.25, 0.3) is 0 Å². The van der Waals surface area contributed by atoms with Gasteiger partial charge in [-0.1, -0.05) is 0 Å². The molecule has 11 heteroatoms. The second-order valence-corrected chi connectivity index (χ2v) is 10.7. The highest BCUT2D eigenvalue weighted by molar-refractivity contribution is 6.01. The molecule has 1 amide bonds. The molecule has 2 atom stereocenters. The predicted octanol–water partition coefficient (Wildman–Crippen LogP) is 3.05. The van der Waals surface area contributed by atoms with Gasteiger partial charge in [-0.3, -0.25) is 9.59 Å². The lowest BCUT2D eigenvalue weighted by molar-refractivity contribution is -0.157. The van der Waals surface area contributed by atoms with Crippen LogP contribution in [0.15, 0.2) is 24.3 Å². The van der Waals surface area contributed by atoms with E-state index in [2.05, 4.69) is 5.32 Å². The van der Waals surface area contributed by atoms with Gasteiger partial charge in [-0.25, -0.2) is 9.59 Å². The molecule has 1 heterocycles. The minimum absolute atomic E-state index is 0.236. The Morgan fingerprint density at radius 3 is 2.19 bits per heavy atom. The van der Waals surface area contributed by atoms with Crippen molar-refractivity contribution in [3.05, 3.63) is 29.8 Å². The number of carbonyl (C=O) groups excluding carboxylic acids is 4. The van der Waals surface area contributed by atoms with Crippen molar-refractivity contribution < 1.29 is 43.0 Å². The molecule has 1 aliphatic heterocycles. The summed E-state index contributed by atoms with van der Waals surface area (Å²) < 4.78 is 21.3. The Balaban J connectivity index is 1.72. The third-order valence-corrected chi connectivity index (χ3v) is 4.84. The minimum Gasteiger partial charge on any atom is -0.482 e. The third-order valence-electron chi connectivity index (χ3n) is 4.84. The lowest BCUT2D eigenvalue weighted by Gasteiger charge is -2.21. The molecule has 11 nitrogen and oxygen atoms in total. The molecule has 0 radical (unpaired) electrons. The van der Waals surface area contributed by atoms with E-state index in [1.54, 1.807) is 72.7 Å². The quantitative estimate of drug-likeness (QED) is 0.361. The van der Waals surface area contributed by atoms with E-state index in [0.29, 0.717) is 30.8 Å². The maximum Gasteiger partial charge on any atom is 0.528 e. The summed E-state index contributed by atoms with van der Waals surface area (Å²) in [6.45, 7) is 12.4. The van der Waals surface area contributed by atoms with Gasteiger partial charge in [0.1, 0.15) is 23.6 Å². The first-order chi connectivity index (χ1) is 17.1. The molecule has 37 heavy (non-hydrogen) atoms. The number of hydrogen-bond donors (Lipinski definition) is 1. The van der Waals surface area contributed by atoms with Crippen LogP contribution in [0.4, 0.5) is 4.79 Å². The fourth-order valence-electron chi connectivity index (χ4n) is 3.31. The summed E-state index contributed by atoms with van der Waals surface area (Å²) in [7, 11) is 0. The van der Waals surface area contributed by atoms with Crippen molar-refractivity contribution in [2.24, 2.45) is 0 Å². The van der Waals surface area contributed by atoms with Gasteiger partial charge >= 0.3 is 12.1 Å². The molecule has 1 aromatic carbocycles. The zero-order chi connectivity index (χ0) is 27.8. The molecular weight excluding hydrogens is 484 g/mol. The topological polar surface area (TPSA) is 130 Å². The molecule has 206 valence electrons. The number of amides is 1. The summed E-state index contributed by atoms with van der Waals surface area (Å²) in [5.74, 6) is -0.810. The Morgan fingerprint density at radius 2 is 1.59 bits per heavy atom. The highest BCUT2D eigenvalue weighted by atomic mass is 16.8. The van der Waals surface area contributed by atoms with Crippen LogP contribution in [0.25, 0.3) is 0 Å². The zero-order valence-corrected chi connectivity index (χ0v) is 22.6. The van der Waals surface area contributed by atoms with Crippen molar-refractivity contribution in [1.82, 2.24) is 10.4 Å². The number of ether oxygens (including phenoxy) is 4. The maximum absolute atomic E-state index is 12.7. The average molecular weight is 523 g/mol. The molecule has 2 rings (SSSR count). The van der Waals surface area contributed by atoms with Crippen molar-refractivity contribution in [3.63, 3.8) is 0 Å². The number of ketones is 1. The minimum atomic E-state index is -0.791. The van der Waals surface area contributed by atoms with Gasteiger partial charge in [0.05, 0.1) is 18.7 Å². The number of nitrogens with zero attached hydrogens (tertiary/aromatic N) is 1. The van der Waals surface area contributed by atoms with Crippen LogP contribution in [0, 0.1) is 0 Å². The lowest BCUT2D eigenvalue weighted by atomic mass is 10.1. The van der Waals surface area contributed by atoms with Gasteiger partial charge in [0, 0.05) is 12.1 Å². The van der Waals surface area contributed by atoms with E-state index in [1.807, 2.05) is 0 Å². The molecule has 0 aliphatic carbocycles. The standard InChI is InChI=1S/C26H38N2O9/c1-17(23(31)18-8-10-19(11-9-18)34-16-22(30)35-25(2,3)4)27-21(29)15-33-20-12-13-28(14-20)37-24(32)36-26(5,6)7/h8-11,17,20H,12-16H2,1-7H3,(H,27,29)/t17-,20+/m0/s1. The first-order valence-electron chi connectivity index (χ1n) is 12.2. The Morgan fingerprint density at radius 1 is 0.973 bits per heavy atom. The van der Waals surface area contributed by atoms with Crippen LogP contribution < -0.4 is 10.1 Å². The van der Waals surface area contributed by atoms with Gasteiger partial charge in [0.2, 0.25) is 5.91 Å². The molecule has 0 unspecified atom stereocenters. The van der Waals surface area contributed by atoms with Gasteiger partial charge in [-0.05, 0) is 79.2 Å². The van der Waals surface area contributed by atoms with Crippen molar-refractivity contribution >= 4 is 23.8 Å². The van der Waals surface area contributed by atoms with Crippen LogP contribution >= 0.6 is 0 Å². The van der Waals surface area contributed by atoms with E-state index in [4.69, 9.17) is 23.8 Å². The highest BCUT2D eigenvalue weighted by Gasteiger charge is 2.29. The van der Waals surface area contributed by atoms with Crippen LogP contribution in [0.3, 0.4) is 0 Å². The Hall–Kier alpha value is -3.18. The van der Waals surface area contributed by atoms with Gasteiger partial charge in [-0.15, -0.1) is 5.06 Å². The molecule has 1 aliphatic rings. The third kappa shape index (κ3) is 11.6. The maximum atomic E-state index is 12.7. The number of nitrogens with one attached hydrogen (secondary N) is 1. The summed E-state index contributed by atoms with van der Waals surface area (Å²) in [4.78, 5) is 53.6. The Bertz CT molecular complexity index is 948. The molecule has 0 saturated carbocycles. The first-order valence-corrected chi connectivity index (χ1v) is 12.2. The molecule has 1 aromatic rings. The van der Waals surface area contributed by atoms with E-state index in [0.717, 1.165) is 0 Å². The fraction of sp³-hybridized carbons (Fsp3) is 0.615. The summed E-state index contributed by atoms with van der Waals surface area (Å²) in [6.07, 6.45) is -0.513. The normalized spacial score (nSPS) is 17.0. The lowest BCUT2D eigenvalue weighted by Crippen LogP contribution is -2.41. The van der Waals surface area contributed by atoms with E-state index >= 15 is 0 Å². The number of esters is 1.